The summed E-state index contributed by atoms with van der Waals surface area (Å²) in [5, 5.41) is 0. The van der Waals surface area contributed by atoms with Gasteiger partial charge in [0.1, 0.15) is 11.5 Å². The van der Waals surface area contributed by atoms with Crippen molar-refractivity contribution in [3.05, 3.63) is 27.9 Å². The van der Waals surface area contributed by atoms with Crippen molar-refractivity contribution in [2.45, 2.75) is 33.2 Å². The van der Waals surface area contributed by atoms with Gasteiger partial charge in [-0.15, -0.1) is 0 Å². The molecular formula is C10H12F2N2O. The molecular weight excluding hydrogens is 202 g/mol. The lowest BCUT2D eigenvalue weighted by atomic mass is 9.92. The molecule has 0 saturated carbocycles. The Morgan fingerprint density at radius 1 is 1.53 bits per heavy atom. The molecule has 1 aliphatic rings. The SMILES string of the molecule is CC1(C)Cc2nc(C(F)F)cc(=O)n2C1. The third-order valence-electron chi connectivity index (χ3n) is 2.55. The minimum Gasteiger partial charge on any atom is -0.296 e. The summed E-state index contributed by atoms with van der Waals surface area (Å²) in [6, 6.07) is 0.926. The minimum absolute atomic E-state index is 0.0695. The summed E-state index contributed by atoms with van der Waals surface area (Å²) in [5.41, 5.74) is -0.857. The third kappa shape index (κ3) is 1.78. The Labute approximate surface area is 85.8 Å². The molecule has 0 spiro atoms. The number of halogens is 2. The Morgan fingerprint density at radius 2 is 2.20 bits per heavy atom. The van der Waals surface area contributed by atoms with E-state index in [2.05, 4.69) is 4.98 Å². The molecule has 5 heteroatoms. The highest BCUT2D eigenvalue weighted by atomic mass is 19.3. The molecule has 0 atom stereocenters. The largest absolute Gasteiger partial charge is 0.296 e. The van der Waals surface area contributed by atoms with Crippen molar-refractivity contribution in [3.63, 3.8) is 0 Å². The van der Waals surface area contributed by atoms with Gasteiger partial charge in [-0.3, -0.25) is 9.36 Å². The summed E-state index contributed by atoms with van der Waals surface area (Å²) in [6.07, 6.45) is -2.10. The topological polar surface area (TPSA) is 34.9 Å². The van der Waals surface area contributed by atoms with Gasteiger partial charge in [-0.2, -0.15) is 0 Å². The fourth-order valence-electron chi connectivity index (χ4n) is 1.90. The first-order valence-corrected chi connectivity index (χ1v) is 4.78. The van der Waals surface area contributed by atoms with Crippen molar-refractivity contribution < 1.29 is 8.78 Å². The van der Waals surface area contributed by atoms with Crippen LogP contribution >= 0.6 is 0 Å². The monoisotopic (exact) mass is 214 g/mol. The molecule has 1 aromatic heterocycles. The molecule has 0 saturated heterocycles. The van der Waals surface area contributed by atoms with Gasteiger partial charge < -0.3 is 0 Å². The molecule has 0 bridgehead atoms. The molecule has 2 rings (SSSR count). The van der Waals surface area contributed by atoms with E-state index in [4.69, 9.17) is 0 Å². The third-order valence-corrected chi connectivity index (χ3v) is 2.55. The molecule has 0 radical (unpaired) electrons. The molecule has 0 unspecified atom stereocenters. The summed E-state index contributed by atoms with van der Waals surface area (Å²) >= 11 is 0. The lowest BCUT2D eigenvalue weighted by molar-refractivity contribution is 0.145. The molecule has 82 valence electrons. The lowest BCUT2D eigenvalue weighted by Gasteiger charge is -2.13. The predicted molar refractivity (Wildman–Crippen MR) is 50.9 cm³/mol. The van der Waals surface area contributed by atoms with Crippen LogP contribution in [0.2, 0.25) is 0 Å². The van der Waals surface area contributed by atoms with Gasteiger partial charge in [0.15, 0.2) is 0 Å². The minimum atomic E-state index is -2.67. The number of hydrogen-bond acceptors (Lipinski definition) is 2. The summed E-state index contributed by atoms with van der Waals surface area (Å²) in [5.74, 6) is 0.475. The van der Waals surface area contributed by atoms with Crippen molar-refractivity contribution >= 4 is 0 Å². The second kappa shape index (κ2) is 3.12. The Kier molecular flexibility index (Phi) is 2.13. The quantitative estimate of drug-likeness (QED) is 0.714. The Balaban J connectivity index is 2.52. The van der Waals surface area contributed by atoms with Crippen molar-refractivity contribution in [2.75, 3.05) is 0 Å². The summed E-state index contributed by atoms with van der Waals surface area (Å²) < 4.78 is 26.3. The van der Waals surface area contributed by atoms with Gasteiger partial charge in [-0.05, 0) is 5.41 Å². The lowest BCUT2D eigenvalue weighted by Crippen LogP contribution is -2.23. The van der Waals surface area contributed by atoms with Gasteiger partial charge >= 0.3 is 0 Å². The number of alkyl halides is 2. The highest BCUT2D eigenvalue weighted by molar-refractivity contribution is 5.10. The van der Waals surface area contributed by atoms with E-state index in [1.807, 2.05) is 13.8 Å². The van der Waals surface area contributed by atoms with E-state index in [0.29, 0.717) is 18.8 Å². The van der Waals surface area contributed by atoms with Crippen molar-refractivity contribution in [2.24, 2.45) is 5.41 Å². The van der Waals surface area contributed by atoms with Crippen LogP contribution in [0.25, 0.3) is 0 Å². The summed E-state index contributed by atoms with van der Waals surface area (Å²) in [7, 11) is 0. The molecule has 3 nitrogen and oxygen atoms in total. The first-order valence-electron chi connectivity index (χ1n) is 4.78. The van der Waals surface area contributed by atoms with E-state index in [1.165, 1.54) is 4.57 Å². The Morgan fingerprint density at radius 3 is 2.80 bits per heavy atom. The van der Waals surface area contributed by atoms with Gasteiger partial charge in [0.2, 0.25) is 0 Å². The molecule has 0 fully saturated rings. The van der Waals surface area contributed by atoms with Gasteiger partial charge in [-0.25, -0.2) is 13.8 Å². The van der Waals surface area contributed by atoms with Gasteiger partial charge in [0.05, 0.1) is 0 Å². The standard InChI is InChI=1S/C10H12F2N2O/c1-10(2)4-7-13-6(9(11)12)3-8(15)14(7)5-10/h3,9H,4-5H2,1-2H3. The van der Waals surface area contributed by atoms with Crippen LogP contribution in [0, 0.1) is 5.41 Å². The molecule has 0 aromatic carbocycles. The highest BCUT2D eigenvalue weighted by Crippen LogP contribution is 2.29. The van der Waals surface area contributed by atoms with Crippen LogP contribution in [0.3, 0.4) is 0 Å². The fourth-order valence-corrected chi connectivity index (χ4v) is 1.90. The van der Waals surface area contributed by atoms with Crippen LogP contribution in [0.5, 0.6) is 0 Å². The molecule has 15 heavy (non-hydrogen) atoms. The Bertz CT molecular complexity index is 451. The second-order valence-corrected chi connectivity index (χ2v) is 4.66. The van der Waals surface area contributed by atoms with Crippen LogP contribution < -0.4 is 5.56 Å². The maximum Gasteiger partial charge on any atom is 0.280 e. The number of hydrogen-bond donors (Lipinski definition) is 0. The van der Waals surface area contributed by atoms with Gasteiger partial charge in [-0.1, -0.05) is 13.8 Å². The normalized spacial score (nSPS) is 18.2. The number of fused-ring (bicyclic) bond motifs is 1. The summed E-state index contributed by atoms with van der Waals surface area (Å²) in [6.45, 7) is 4.53. The summed E-state index contributed by atoms with van der Waals surface area (Å²) in [4.78, 5) is 15.3. The molecule has 1 aliphatic heterocycles. The maximum absolute atomic E-state index is 12.4. The van der Waals surface area contributed by atoms with Crippen molar-refractivity contribution in [1.29, 1.82) is 0 Å². The zero-order chi connectivity index (χ0) is 11.2. The van der Waals surface area contributed by atoms with Crippen LogP contribution in [-0.2, 0) is 13.0 Å². The average Bonchev–Trinajstić information content (AvgIpc) is 2.39. The van der Waals surface area contributed by atoms with Crippen LogP contribution in [0.1, 0.15) is 31.8 Å². The number of aromatic nitrogens is 2. The smallest absolute Gasteiger partial charge is 0.280 e. The molecule has 0 aliphatic carbocycles. The van der Waals surface area contributed by atoms with Crippen LogP contribution in [0.4, 0.5) is 8.78 Å². The van der Waals surface area contributed by atoms with Crippen molar-refractivity contribution in [3.8, 4) is 0 Å². The zero-order valence-corrected chi connectivity index (χ0v) is 8.63. The zero-order valence-electron chi connectivity index (χ0n) is 8.63. The van der Waals surface area contributed by atoms with E-state index in [-0.39, 0.29) is 11.0 Å². The van der Waals surface area contributed by atoms with Gasteiger partial charge in [0.25, 0.3) is 12.0 Å². The van der Waals surface area contributed by atoms with E-state index in [9.17, 15) is 13.6 Å². The van der Waals surface area contributed by atoms with Crippen molar-refractivity contribution in [1.82, 2.24) is 9.55 Å². The molecule has 2 heterocycles. The molecule has 0 N–H and O–H groups in total. The maximum atomic E-state index is 12.4. The number of nitrogens with zero attached hydrogens (tertiary/aromatic N) is 2. The second-order valence-electron chi connectivity index (χ2n) is 4.66. The highest BCUT2D eigenvalue weighted by Gasteiger charge is 2.31. The van der Waals surface area contributed by atoms with Crippen LogP contribution in [-0.4, -0.2) is 9.55 Å². The van der Waals surface area contributed by atoms with E-state index < -0.39 is 12.1 Å². The van der Waals surface area contributed by atoms with Crippen LogP contribution in [0.15, 0.2) is 10.9 Å². The van der Waals surface area contributed by atoms with Gasteiger partial charge in [0, 0.05) is 19.0 Å². The first kappa shape index (κ1) is 10.3. The predicted octanol–water partition coefficient (Wildman–Crippen LogP) is 1.76. The van der Waals surface area contributed by atoms with E-state index in [1.54, 1.807) is 0 Å². The van der Waals surface area contributed by atoms with E-state index in [0.717, 1.165) is 6.07 Å². The van der Waals surface area contributed by atoms with E-state index >= 15 is 0 Å². The fraction of sp³-hybridized carbons (Fsp3) is 0.600. The Hall–Kier alpha value is -1.26. The molecule has 1 aromatic rings. The number of rotatable bonds is 1. The first-order chi connectivity index (χ1) is 6.89. The average molecular weight is 214 g/mol. The molecule has 0 amide bonds.